The van der Waals surface area contributed by atoms with Crippen molar-refractivity contribution in [2.24, 2.45) is 0 Å². The largest absolute Gasteiger partial charge is 0.477 e. The third-order valence-corrected chi connectivity index (χ3v) is 4.20. The SMILES string of the molecule is C[Si](C)(C)CCOc1ncnc2ccncc12. The predicted octanol–water partition coefficient (Wildman–Crippen LogP) is 2.74. The molecule has 0 amide bonds. The lowest BCUT2D eigenvalue weighted by Crippen LogP contribution is -2.22. The van der Waals surface area contributed by atoms with Gasteiger partial charge < -0.3 is 4.74 Å². The van der Waals surface area contributed by atoms with E-state index in [1.165, 1.54) is 6.33 Å². The quantitative estimate of drug-likeness (QED) is 0.779. The van der Waals surface area contributed by atoms with Crippen molar-refractivity contribution < 1.29 is 4.74 Å². The van der Waals surface area contributed by atoms with Gasteiger partial charge in [-0.3, -0.25) is 4.98 Å². The molecule has 0 bridgehead atoms. The Hall–Kier alpha value is -1.49. The van der Waals surface area contributed by atoms with Crippen LogP contribution in [0.2, 0.25) is 25.7 Å². The Labute approximate surface area is 102 Å². The van der Waals surface area contributed by atoms with Crippen molar-refractivity contribution in [3.8, 4) is 5.88 Å². The summed E-state index contributed by atoms with van der Waals surface area (Å²) in [5.41, 5.74) is 0.873. The van der Waals surface area contributed by atoms with E-state index in [9.17, 15) is 0 Å². The third-order valence-electron chi connectivity index (χ3n) is 2.49. The van der Waals surface area contributed by atoms with E-state index in [2.05, 4.69) is 34.6 Å². The summed E-state index contributed by atoms with van der Waals surface area (Å²) in [4.78, 5) is 12.4. The van der Waals surface area contributed by atoms with Crippen molar-refractivity contribution in [1.82, 2.24) is 15.0 Å². The summed E-state index contributed by atoms with van der Waals surface area (Å²) in [7, 11) is -1.06. The van der Waals surface area contributed by atoms with E-state index in [-0.39, 0.29) is 0 Å². The van der Waals surface area contributed by atoms with Gasteiger partial charge in [-0.25, -0.2) is 9.97 Å². The second-order valence-electron chi connectivity index (χ2n) is 5.23. The van der Waals surface area contributed by atoms with Crippen LogP contribution in [0.15, 0.2) is 24.8 Å². The van der Waals surface area contributed by atoms with Crippen molar-refractivity contribution in [2.75, 3.05) is 6.61 Å². The van der Waals surface area contributed by atoms with Crippen LogP contribution in [-0.2, 0) is 0 Å². The smallest absolute Gasteiger partial charge is 0.226 e. The van der Waals surface area contributed by atoms with Crippen LogP contribution < -0.4 is 4.74 Å². The molecule has 0 N–H and O–H groups in total. The van der Waals surface area contributed by atoms with E-state index in [0.29, 0.717) is 5.88 Å². The summed E-state index contributed by atoms with van der Waals surface area (Å²) in [6.07, 6.45) is 5.01. The molecule has 0 saturated heterocycles. The van der Waals surface area contributed by atoms with Crippen LogP contribution in [0.3, 0.4) is 0 Å². The molecule has 0 unspecified atom stereocenters. The van der Waals surface area contributed by atoms with Crippen molar-refractivity contribution in [3.63, 3.8) is 0 Å². The third kappa shape index (κ3) is 3.23. The van der Waals surface area contributed by atoms with Gasteiger partial charge in [0.1, 0.15) is 6.33 Å². The molecule has 0 aliphatic heterocycles. The molecule has 0 saturated carbocycles. The number of pyridine rings is 1. The summed E-state index contributed by atoms with van der Waals surface area (Å²) in [5, 5.41) is 0.880. The highest BCUT2D eigenvalue weighted by molar-refractivity contribution is 6.76. The minimum atomic E-state index is -1.06. The summed E-state index contributed by atoms with van der Waals surface area (Å²) < 4.78 is 5.74. The van der Waals surface area contributed by atoms with Gasteiger partial charge in [-0.1, -0.05) is 19.6 Å². The monoisotopic (exact) mass is 247 g/mol. The molecular weight excluding hydrogens is 230 g/mol. The van der Waals surface area contributed by atoms with Gasteiger partial charge in [-0.05, 0) is 12.1 Å². The number of hydrogen-bond acceptors (Lipinski definition) is 4. The first-order valence-corrected chi connectivity index (χ1v) is 9.44. The fourth-order valence-electron chi connectivity index (χ4n) is 1.45. The molecule has 0 aromatic carbocycles. The van der Waals surface area contributed by atoms with Crippen LogP contribution in [0.4, 0.5) is 0 Å². The second kappa shape index (κ2) is 4.79. The van der Waals surface area contributed by atoms with E-state index in [1.807, 2.05) is 6.07 Å². The lowest BCUT2D eigenvalue weighted by atomic mass is 10.3. The number of nitrogens with zero attached hydrogens (tertiary/aromatic N) is 3. The molecule has 0 aliphatic carbocycles. The van der Waals surface area contributed by atoms with Crippen molar-refractivity contribution >= 4 is 19.0 Å². The van der Waals surface area contributed by atoms with Crippen LogP contribution >= 0.6 is 0 Å². The summed E-state index contributed by atoms with van der Waals surface area (Å²) in [5.74, 6) is 0.640. The first-order chi connectivity index (χ1) is 8.06. The maximum atomic E-state index is 5.74. The molecule has 0 spiro atoms. The van der Waals surface area contributed by atoms with E-state index in [4.69, 9.17) is 4.74 Å². The average Bonchev–Trinajstić information content (AvgIpc) is 2.28. The summed E-state index contributed by atoms with van der Waals surface area (Å²) in [6.45, 7) is 7.71. The van der Waals surface area contributed by atoms with Crippen molar-refractivity contribution in [3.05, 3.63) is 24.8 Å². The summed E-state index contributed by atoms with van der Waals surface area (Å²) in [6, 6.07) is 2.99. The van der Waals surface area contributed by atoms with Crippen LogP contribution in [0, 0.1) is 0 Å². The van der Waals surface area contributed by atoms with Crippen LogP contribution in [-0.4, -0.2) is 29.6 Å². The second-order valence-corrected chi connectivity index (χ2v) is 10.9. The average molecular weight is 247 g/mol. The molecule has 5 heteroatoms. The first kappa shape index (κ1) is 12.0. The number of rotatable bonds is 4. The van der Waals surface area contributed by atoms with Gasteiger partial charge in [0.25, 0.3) is 0 Å². The molecule has 2 rings (SSSR count). The van der Waals surface area contributed by atoms with Gasteiger partial charge in [-0.2, -0.15) is 0 Å². The highest BCUT2D eigenvalue weighted by atomic mass is 28.3. The molecule has 0 aliphatic rings. The minimum absolute atomic E-state index is 0.640. The number of fused-ring (bicyclic) bond motifs is 1. The van der Waals surface area contributed by atoms with Gasteiger partial charge in [0, 0.05) is 20.5 Å². The zero-order valence-electron chi connectivity index (χ0n) is 10.5. The Morgan fingerprint density at radius 2 is 2.06 bits per heavy atom. The molecule has 90 valence electrons. The Morgan fingerprint density at radius 1 is 1.24 bits per heavy atom. The zero-order chi connectivity index (χ0) is 12.3. The number of hydrogen-bond donors (Lipinski definition) is 0. The summed E-state index contributed by atoms with van der Waals surface area (Å²) >= 11 is 0. The van der Waals surface area contributed by atoms with E-state index < -0.39 is 8.07 Å². The standard InChI is InChI=1S/C12H17N3OSi/c1-17(2,3)7-6-16-12-10-8-13-5-4-11(10)14-9-15-12/h4-5,8-9H,6-7H2,1-3H3. The highest BCUT2D eigenvalue weighted by Crippen LogP contribution is 2.20. The highest BCUT2D eigenvalue weighted by Gasteiger charge is 2.13. The van der Waals surface area contributed by atoms with Gasteiger partial charge in [0.05, 0.1) is 17.5 Å². The minimum Gasteiger partial charge on any atom is -0.477 e. The molecule has 0 fully saturated rings. The van der Waals surface area contributed by atoms with Crippen molar-refractivity contribution in [2.45, 2.75) is 25.7 Å². The predicted molar refractivity (Wildman–Crippen MR) is 71.0 cm³/mol. The molecule has 0 radical (unpaired) electrons. The van der Waals surface area contributed by atoms with E-state index in [1.54, 1.807) is 12.4 Å². The van der Waals surface area contributed by atoms with Gasteiger partial charge in [0.2, 0.25) is 5.88 Å². The Morgan fingerprint density at radius 3 is 2.82 bits per heavy atom. The fourth-order valence-corrected chi connectivity index (χ4v) is 2.16. The van der Waals surface area contributed by atoms with Crippen molar-refractivity contribution in [1.29, 1.82) is 0 Å². The van der Waals surface area contributed by atoms with Gasteiger partial charge >= 0.3 is 0 Å². The Bertz CT molecular complexity index is 505. The molecule has 17 heavy (non-hydrogen) atoms. The lowest BCUT2D eigenvalue weighted by molar-refractivity contribution is 0.329. The van der Waals surface area contributed by atoms with Crippen LogP contribution in [0.25, 0.3) is 10.9 Å². The van der Waals surface area contributed by atoms with Gasteiger partial charge in [-0.15, -0.1) is 0 Å². The molecule has 2 heterocycles. The van der Waals surface area contributed by atoms with Crippen LogP contribution in [0.5, 0.6) is 5.88 Å². The Balaban J connectivity index is 2.13. The lowest BCUT2D eigenvalue weighted by Gasteiger charge is -2.15. The number of ether oxygens (including phenoxy) is 1. The molecule has 2 aromatic rings. The maximum Gasteiger partial charge on any atom is 0.226 e. The Kier molecular flexibility index (Phi) is 3.37. The first-order valence-electron chi connectivity index (χ1n) is 5.74. The molecule has 2 aromatic heterocycles. The van der Waals surface area contributed by atoms with E-state index in [0.717, 1.165) is 23.6 Å². The molecule has 0 atom stereocenters. The number of aromatic nitrogens is 3. The zero-order valence-corrected chi connectivity index (χ0v) is 11.5. The fraction of sp³-hybridized carbons (Fsp3) is 0.417. The molecule has 4 nitrogen and oxygen atoms in total. The van der Waals surface area contributed by atoms with Gasteiger partial charge in [0.15, 0.2) is 0 Å². The maximum absolute atomic E-state index is 5.74. The normalized spacial score (nSPS) is 11.7. The van der Waals surface area contributed by atoms with E-state index >= 15 is 0 Å². The van der Waals surface area contributed by atoms with Crippen LogP contribution in [0.1, 0.15) is 0 Å². The topological polar surface area (TPSA) is 47.9 Å². The molecular formula is C12H17N3OSi.